The molecule has 0 saturated carbocycles. The Morgan fingerprint density at radius 1 is 1.03 bits per heavy atom. The number of urea groups is 1. The number of para-hydroxylation sites is 1. The predicted molar refractivity (Wildman–Crippen MR) is 119 cm³/mol. The molecule has 2 heterocycles. The van der Waals surface area contributed by atoms with Gasteiger partial charge >= 0.3 is 6.03 Å². The Kier molecular flexibility index (Phi) is 6.12. The third kappa shape index (κ3) is 4.44. The molecule has 1 unspecified atom stereocenters. The van der Waals surface area contributed by atoms with Gasteiger partial charge in [0.1, 0.15) is 11.8 Å². The molecule has 4 amide bonds. The Morgan fingerprint density at radius 2 is 1.81 bits per heavy atom. The molecule has 1 aromatic heterocycles. The summed E-state index contributed by atoms with van der Waals surface area (Å²) in [6.07, 6.45) is 1.45. The summed E-state index contributed by atoms with van der Waals surface area (Å²) in [5, 5.41) is 2.78. The molecule has 2 aromatic carbocycles. The fourth-order valence-electron chi connectivity index (χ4n) is 3.58. The molecule has 1 aliphatic heterocycles. The molecule has 1 fully saturated rings. The largest absolute Gasteiger partial charge is 0.497 e. The summed E-state index contributed by atoms with van der Waals surface area (Å²) in [6.45, 7) is 0.106. The van der Waals surface area contributed by atoms with Gasteiger partial charge in [0.05, 0.1) is 31.5 Å². The Morgan fingerprint density at radius 3 is 2.53 bits per heavy atom. The summed E-state index contributed by atoms with van der Waals surface area (Å²) in [5.41, 5.74) is 1.63. The molecule has 1 N–H and O–H groups in total. The number of carbonyl (C=O) groups is 3. The van der Waals surface area contributed by atoms with Gasteiger partial charge in [-0.1, -0.05) is 30.3 Å². The van der Waals surface area contributed by atoms with Crippen molar-refractivity contribution in [2.45, 2.75) is 19.0 Å². The van der Waals surface area contributed by atoms with Crippen molar-refractivity contribution in [2.24, 2.45) is 0 Å². The van der Waals surface area contributed by atoms with Crippen LogP contribution in [0.3, 0.4) is 0 Å². The first-order valence-electron chi connectivity index (χ1n) is 10.1. The maximum atomic E-state index is 13.3. The second-order valence-electron chi connectivity index (χ2n) is 7.24. The summed E-state index contributed by atoms with van der Waals surface area (Å²) in [4.78, 5) is 46.1. The van der Waals surface area contributed by atoms with Crippen LogP contribution in [0.4, 0.5) is 16.2 Å². The van der Waals surface area contributed by atoms with E-state index in [0.717, 1.165) is 4.90 Å². The van der Waals surface area contributed by atoms with Crippen molar-refractivity contribution < 1.29 is 19.1 Å². The molecule has 1 saturated heterocycles. The minimum atomic E-state index is -0.959. The molecular formula is C24H22N4O4. The highest BCUT2D eigenvalue weighted by Gasteiger charge is 2.46. The highest BCUT2D eigenvalue weighted by Crippen LogP contribution is 2.30. The van der Waals surface area contributed by atoms with Gasteiger partial charge in [-0.15, -0.1) is 0 Å². The molecule has 162 valence electrons. The quantitative estimate of drug-likeness (QED) is 0.580. The molecule has 4 rings (SSSR count). The highest BCUT2D eigenvalue weighted by atomic mass is 16.5. The lowest BCUT2D eigenvalue weighted by Crippen LogP contribution is -2.37. The summed E-state index contributed by atoms with van der Waals surface area (Å²) in [5.74, 6) is -0.312. The van der Waals surface area contributed by atoms with E-state index >= 15 is 0 Å². The maximum absolute atomic E-state index is 13.3. The lowest BCUT2D eigenvalue weighted by atomic mass is 10.1. The van der Waals surface area contributed by atoms with Gasteiger partial charge in [-0.25, -0.2) is 9.69 Å². The van der Waals surface area contributed by atoms with E-state index in [1.807, 2.05) is 12.1 Å². The predicted octanol–water partition coefficient (Wildman–Crippen LogP) is 3.46. The van der Waals surface area contributed by atoms with Crippen molar-refractivity contribution in [1.82, 2.24) is 9.88 Å². The molecular weight excluding hydrogens is 408 g/mol. The zero-order chi connectivity index (χ0) is 22.5. The number of hydrogen-bond acceptors (Lipinski definition) is 5. The number of amides is 4. The topological polar surface area (TPSA) is 91.8 Å². The first-order valence-corrected chi connectivity index (χ1v) is 10.1. The van der Waals surface area contributed by atoms with E-state index in [0.29, 0.717) is 22.8 Å². The third-order valence-corrected chi connectivity index (χ3v) is 5.12. The molecule has 0 aliphatic carbocycles. The fraction of sp³-hybridized carbons (Fsp3) is 0.167. The van der Waals surface area contributed by atoms with Crippen LogP contribution in [0.25, 0.3) is 0 Å². The monoisotopic (exact) mass is 430 g/mol. The molecule has 1 aliphatic rings. The van der Waals surface area contributed by atoms with Gasteiger partial charge in [0.15, 0.2) is 0 Å². The van der Waals surface area contributed by atoms with Gasteiger partial charge in [0.2, 0.25) is 5.91 Å². The standard InChI is InChI=1S/C24H22N4O4/c1-32-20-12-7-11-19(14-20)28-23(30)21(15-22(29)26-17-8-3-2-4-9-17)27(24(28)31)16-18-10-5-6-13-25-18/h2-14,21H,15-16H2,1H3,(H,26,29). The van der Waals surface area contributed by atoms with Crippen LogP contribution in [-0.2, 0) is 16.1 Å². The second-order valence-corrected chi connectivity index (χ2v) is 7.24. The number of carbonyl (C=O) groups excluding carboxylic acids is 3. The normalized spacial score (nSPS) is 15.7. The average molecular weight is 430 g/mol. The van der Waals surface area contributed by atoms with E-state index in [2.05, 4.69) is 10.3 Å². The number of imide groups is 1. The number of nitrogens with one attached hydrogen (secondary N) is 1. The molecule has 3 aromatic rings. The van der Waals surface area contributed by atoms with Crippen LogP contribution in [0, 0.1) is 0 Å². The van der Waals surface area contributed by atoms with Crippen LogP contribution in [0.5, 0.6) is 5.75 Å². The molecule has 0 radical (unpaired) electrons. The van der Waals surface area contributed by atoms with Gasteiger partial charge in [-0.3, -0.25) is 14.6 Å². The summed E-state index contributed by atoms with van der Waals surface area (Å²) < 4.78 is 5.23. The van der Waals surface area contributed by atoms with Crippen molar-refractivity contribution in [2.75, 3.05) is 17.3 Å². The van der Waals surface area contributed by atoms with E-state index in [4.69, 9.17) is 4.74 Å². The first-order chi connectivity index (χ1) is 15.6. The highest BCUT2D eigenvalue weighted by molar-refractivity contribution is 6.22. The van der Waals surface area contributed by atoms with Crippen LogP contribution in [0.2, 0.25) is 0 Å². The zero-order valence-electron chi connectivity index (χ0n) is 17.5. The lowest BCUT2D eigenvalue weighted by Gasteiger charge is -2.21. The lowest BCUT2D eigenvalue weighted by molar-refractivity contribution is -0.124. The van der Waals surface area contributed by atoms with Crippen LogP contribution >= 0.6 is 0 Å². The number of benzene rings is 2. The van der Waals surface area contributed by atoms with Gasteiger partial charge in [-0.2, -0.15) is 0 Å². The SMILES string of the molecule is COc1cccc(N2C(=O)C(CC(=O)Nc3ccccc3)N(Cc3ccccn3)C2=O)c1. The van der Waals surface area contributed by atoms with Gasteiger partial charge in [0, 0.05) is 18.0 Å². The maximum Gasteiger partial charge on any atom is 0.332 e. The Hall–Kier alpha value is -4.20. The number of ether oxygens (including phenoxy) is 1. The Balaban J connectivity index is 1.62. The number of nitrogens with zero attached hydrogens (tertiary/aromatic N) is 3. The number of pyridine rings is 1. The minimum absolute atomic E-state index is 0.106. The molecule has 1 atom stereocenters. The van der Waals surface area contributed by atoms with Crippen LogP contribution in [0.15, 0.2) is 79.0 Å². The Labute approximate surface area is 185 Å². The van der Waals surface area contributed by atoms with Crippen LogP contribution < -0.4 is 15.0 Å². The van der Waals surface area contributed by atoms with Crippen molar-refractivity contribution in [3.05, 3.63) is 84.7 Å². The van der Waals surface area contributed by atoms with E-state index in [1.165, 1.54) is 12.0 Å². The van der Waals surface area contributed by atoms with E-state index in [1.54, 1.807) is 66.9 Å². The molecule has 32 heavy (non-hydrogen) atoms. The van der Waals surface area contributed by atoms with E-state index in [9.17, 15) is 14.4 Å². The fourth-order valence-corrected chi connectivity index (χ4v) is 3.58. The smallest absolute Gasteiger partial charge is 0.332 e. The van der Waals surface area contributed by atoms with Gasteiger partial charge < -0.3 is 15.0 Å². The van der Waals surface area contributed by atoms with Crippen LogP contribution in [-0.4, -0.2) is 40.9 Å². The zero-order valence-corrected chi connectivity index (χ0v) is 17.5. The number of hydrogen-bond donors (Lipinski definition) is 1. The van der Waals surface area contributed by atoms with Crippen LogP contribution in [0.1, 0.15) is 12.1 Å². The molecule has 8 nitrogen and oxygen atoms in total. The van der Waals surface area contributed by atoms with Gasteiger partial charge in [-0.05, 0) is 36.4 Å². The molecule has 0 spiro atoms. The molecule has 0 bridgehead atoms. The molecule has 8 heteroatoms. The van der Waals surface area contributed by atoms with E-state index in [-0.39, 0.29) is 18.9 Å². The average Bonchev–Trinajstić information content (AvgIpc) is 3.04. The summed E-state index contributed by atoms with van der Waals surface area (Å²) in [7, 11) is 1.51. The second kappa shape index (κ2) is 9.30. The first kappa shape index (κ1) is 21.0. The summed E-state index contributed by atoms with van der Waals surface area (Å²) >= 11 is 0. The van der Waals surface area contributed by atoms with Crippen molar-refractivity contribution >= 4 is 29.2 Å². The number of anilines is 2. The third-order valence-electron chi connectivity index (χ3n) is 5.12. The number of rotatable bonds is 7. The minimum Gasteiger partial charge on any atom is -0.497 e. The number of aromatic nitrogens is 1. The Bertz CT molecular complexity index is 1120. The number of methoxy groups -OCH3 is 1. The summed E-state index contributed by atoms with van der Waals surface area (Å²) in [6, 6.07) is 19.5. The van der Waals surface area contributed by atoms with Crippen molar-refractivity contribution in [1.29, 1.82) is 0 Å². The van der Waals surface area contributed by atoms with Gasteiger partial charge in [0.25, 0.3) is 5.91 Å². The van der Waals surface area contributed by atoms with Crippen molar-refractivity contribution in [3.8, 4) is 5.75 Å². The van der Waals surface area contributed by atoms with E-state index < -0.39 is 18.0 Å². The van der Waals surface area contributed by atoms with Crippen molar-refractivity contribution in [3.63, 3.8) is 0 Å².